The van der Waals surface area contributed by atoms with E-state index in [1.54, 1.807) is 20.8 Å². The molecule has 0 saturated heterocycles. The summed E-state index contributed by atoms with van der Waals surface area (Å²) in [7, 11) is 0. The maximum absolute atomic E-state index is 13.0. The fraction of sp³-hybridized carbons (Fsp3) is 0.478. The zero-order chi connectivity index (χ0) is 26.0. The average Bonchev–Trinajstić information content (AvgIpc) is 3.29. The van der Waals surface area contributed by atoms with Crippen LogP contribution in [0.25, 0.3) is 0 Å². The second kappa shape index (κ2) is 13.2. The van der Waals surface area contributed by atoms with Gasteiger partial charge < -0.3 is 20.1 Å². The molecule has 2 aromatic rings. The summed E-state index contributed by atoms with van der Waals surface area (Å²) in [4.78, 5) is 49.9. The van der Waals surface area contributed by atoms with Crippen LogP contribution in [0.3, 0.4) is 0 Å². The fourth-order valence-corrected chi connectivity index (χ4v) is 4.06. The summed E-state index contributed by atoms with van der Waals surface area (Å²) in [6, 6.07) is 7.34. The number of nitrogens with zero attached hydrogens (tertiary/aromatic N) is 2. The number of hydrogen-bond donors (Lipinski definition) is 2. The predicted molar refractivity (Wildman–Crippen MR) is 134 cm³/mol. The minimum Gasteiger partial charge on any atom is -0.445 e. The molecule has 2 N–H and O–H groups in total. The van der Waals surface area contributed by atoms with Gasteiger partial charge in [0.2, 0.25) is 11.6 Å². The Morgan fingerprint density at radius 3 is 2.23 bits per heavy atom. The maximum Gasteiger partial charge on any atom is 0.408 e. The zero-order valence-electron chi connectivity index (χ0n) is 20.3. The van der Waals surface area contributed by atoms with Gasteiger partial charge in [0, 0.05) is 0 Å². The molecule has 1 heterocycles. The summed E-state index contributed by atoms with van der Waals surface area (Å²) in [6.07, 6.45) is 0.759. The van der Waals surface area contributed by atoms with Gasteiger partial charge in [-0.2, -0.15) is 11.8 Å². The number of amides is 2. The molecule has 0 aliphatic heterocycles. The molecular weight excluding hydrogens is 492 g/mol. The van der Waals surface area contributed by atoms with Crippen LogP contribution >= 0.6 is 23.1 Å². The maximum atomic E-state index is 13.0. The van der Waals surface area contributed by atoms with E-state index in [1.807, 2.05) is 36.6 Å². The Balaban J connectivity index is 2.01. The van der Waals surface area contributed by atoms with Gasteiger partial charge in [-0.25, -0.2) is 9.59 Å². The highest BCUT2D eigenvalue weighted by Crippen LogP contribution is 2.17. The van der Waals surface area contributed by atoms with E-state index >= 15 is 0 Å². The van der Waals surface area contributed by atoms with Crippen molar-refractivity contribution in [2.75, 3.05) is 12.0 Å². The summed E-state index contributed by atoms with van der Waals surface area (Å²) in [5.41, 5.74) is 0.104. The van der Waals surface area contributed by atoms with Crippen LogP contribution in [0, 0.1) is 0 Å². The van der Waals surface area contributed by atoms with Crippen LogP contribution in [0.15, 0.2) is 30.3 Å². The van der Waals surface area contributed by atoms with E-state index in [-0.39, 0.29) is 16.6 Å². The third-order valence-electron chi connectivity index (χ3n) is 4.41. The zero-order valence-corrected chi connectivity index (χ0v) is 22.0. The molecule has 2 atom stereocenters. The van der Waals surface area contributed by atoms with Gasteiger partial charge in [-0.1, -0.05) is 41.7 Å². The van der Waals surface area contributed by atoms with E-state index in [9.17, 15) is 19.2 Å². The van der Waals surface area contributed by atoms with Gasteiger partial charge in [-0.15, -0.1) is 10.2 Å². The third-order valence-corrected chi connectivity index (χ3v) is 6.00. The lowest BCUT2D eigenvalue weighted by Crippen LogP contribution is -2.41. The molecule has 0 fully saturated rings. The van der Waals surface area contributed by atoms with Crippen LogP contribution < -0.4 is 10.6 Å². The van der Waals surface area contributed by atoms with Crippen molar-refractivity contribution >= 4 is 46.9 Å². The first-order valence-corrected chi connectivity index (χ1v) is 13.1. The van der Waals surface area contributed by atoms with Crippen molar-refractivity contribution in [3.63, 3.8) is 0 Å². The van der Waals surface area contributed by atoms with Crippen LogP contribution in [-0.2, 0) is 16.1 Å². The molecule has 0 unspecified atom stereocenters. The lowest BCUT2D eigenvalue weighted by atomic mass is 10.1. The van der Waals surface area contributed by atoms with Crippen LogP contribution in [0.2, 0.25) is 0 Å². The van der Waals surface area contributed by atoms with Gasteiger partial charge in [-0.05, 0) is 51.7 Å². The topological polar surface area (TPSA) is 137 Å². The van der Waals surface area contributed by atoms with Gasteiger partial charge in [0.05, 0.1) is 12.1 Å². The molecule has 12 heteroatoms. The second-order valence-electron chi connectivity index (χ2n) is 8.55. The summed E-state index contributed by atoms with van der Waals surface area (Å²) >= 11 is 2.32. The van der Waals surface area contributed by atoms with Crippen molar-refractivity contribution in [3.8, 4) is 0 Å². The first-order valence-electron chi connectivity index (χ1n) is 10.9. The lowest BCUT2D eigenvalue weighted by Gasteiger charge is -2.21. The van der Waals surface area contributed by atoms with E-state index in [4.69, 9.17) is 9.47 Å². The first-order chi connectivity index (χ1) is 16.5. The normalized spacial score (nSPS) is 12.8. The number of carbonyl (C=O) groups is 4. The smallest absolute Gasteiger partial charge is 0.408 e. The van der Waals surface area contributed by atoms with Gasteiger partial charge in [0.25, 0.3) is 0 Å². The Hall–Kier alpha value is -2.99. The third kappa shape index (κ3) is 9.65. The Morgan fingerprint density at radius 2 is 1.63 bits per heavy atom. The molecule has 35 heavy (non-hydrogen) atoms. The van der Waals surface area contributed by atoms with Crippen molar-refractivity contribution in [1.82, 2.24) is 20.8 Å². The summed E-state index contributed by atoms with van der Waals surface area (Å²) in [5.74, 6) is -0.375. The highest BCUT2D eigenvalue weighted by molar-refractivity contribution is 7.98. The molecule has 0 saturated carbocycles. The van der Waals surface area contributed by atoms with Crippen molar-refractivity contribution in [3.05, 3.63) is 45.9 Å². The quantitative estimate of drug-likeness (QED) is 0.421. The number of Topliss-reactive ketones (excluding diaryl/α,β-unsaturated/α-hetero) is 2. The molecule has 0 aliphatic rings. The van der Waals surface area contributed by atoms with Crippen LogP contribution in [0.1, 0.15) is 59.3 Å². The summed E-state index contributed by atoms with van der Waals surface area (Å²) in [6.45, 7) is 6.68. The van der Waals surface area contributed by atoms with E-state index < -0.39 is 41.4 Å². The molecule has 1 aromatic carbocycles. The largest absolute Gasteiger partial charge is 0.445 e. The minimum absolute atomic E-state index is 0.0210. The predicted octanol–water partition coefficient (Wildman–Crippen LogP) is 3.86. The summed E-state index contributed by atoms with van der Waals surface area (Å²) in [5, 5.41) is 12.6. The van der Waals surface area contributed by atoms with Crippen LogP contribution in [0.5, 0.6) is 0 Å². The van der Waals surface area contributed by atoms with Gasteiger partial charge in [0.1, 0.15) is 12.2 Å². The number of rotatable bonds is 11. The molecule has 190 valence electrons. The second-order valence-corrected chi connectivity index (χ2v) is 10.5. The average molecular weight is 523 g/mol. The van der Waals surface area contributed by atoms with Crippen LogP contribution in [-0.4, -0.2) is 63.6 Å². The van der Waals surface area contributed by atoms with Gasteiger partial charge in [0.15, 0.2) is 10.0 Å². The number of carbonyl (C=O) groups excluding carboxylic acids is 4. The highest BCUT2D eigenvalue weighted by atomic mass is 32.2. The molecule has 0 spiro atoms. The van der Waals surface area contributed by atoms with Gasteiger partial charge in [-0.3, -0.25) is 9.59 Å². The van der Waals surface area contributed by atoms with Crippen molar-refractivity contribution in [2.45, 2.75) is 58.4 Å². The molecule has 0 radical (unpaired) electrons. The number of thioether (sulfide) groups is 1. The number of alkyl carbamates (subject to hydrolysis) is 2. The number of nitrogens with one attached hydrogen (secondary N) is 2. The van der Waals surface area contributed by atoms with E-state index in [1.165, 1.54) is 18.7 Å². The number of ether oxygens (including phenoxy) is 2. The molecular formula is C23H30N4O6S2. The first kappa shape index (κ1) is 28.2. The van der Waals surface area contributed by atoms with Crippen LogP contribution in [0.4, 0.5) is 9.59 Å². The monoisotopic (exact) mass is 522 g/mol. The minimum atomic E-state index is -0.931. The fourth-order valence-electron chi connectivity index (χ4n) is 2.72. The highest BCUT2D eigenvalue weighted by Gasteiger charge is 2.29. The van der Waals surface area contributed by atoms with Crippen molar-refractivity contribution in [2.24, 2.45) is 0 Å². The van der Waals surface area contributed by atoms with Crippen molar-refractivity contribution < 1.29 is 28.7 Å². The van der Waals surface area contributed by atoms with E-state index in [2.05, 4.69) is 20.8 Å². The van der Waals surface area contributed by atoms with Gasteiger partial charge >= 0.3 is 12.2 Å². The molecule has 0 aliphatic carbocycles. The standard InChI is InChI=1S/C23H30N4O6S2/c1-14(24-22(31)33-23(2,3)4)17(28)19-26-27-20(35-19)18(29)16(11-12-34-5)25-21(30)32-13-15-9-7-6-8-10-15/h6-10,14,16H,11-13H2,1-5H3,(H,24,31)(H,25,30)/t14-,16-/m0/s1. The lowest BCUT2D eigenvalue weighted by molar-refractivity contribution is 0.0496. The number of ketones is 2. The number of aromatic nitrogens is 2. The number of hydrogen-bond acceptors (Lipinski definition) is 10. The molecule has 1 aromatic heterocycles. The Morgan fingerprint density at radius 1 is 1.00 bits per heavy atom. The Labute approximate surface area is 212 Å². The van der Waals surface area contributed by atoms with E-state index in [0.29, 0.717) is 12.2 Å². The SMILES string of the molecule is CSCC[C@H](NC(=O)OCc1ccccc1)C(=O)c1nnc(C(=O)[C@H](C)NC(=O)OC(C)(C)C)s1. The number of benzene rings is 1. The van der Waals surface area contributed by atoms with E-state index in [0.717, 1.165) is 16.9 Å². The molecule has 2 rings (SSSR count). The molecule has 0 bridgehead atoms. The molecule has 10 nitrogen and oxygen atoms in total. The van der Waals surface area contributed by atoms with Crippen molar-refractivity contribution in [1.29, 1.82) is 0 Å². The Kier molecular flexibility index (Phi) is 10.6. The molecule has 2 amide bonds. The summed E-state index contributed by atoms with van der Waals surface area (Å²) < 4.78 is 10.4. The Bertz CT molecular complexity index is 1020.